The maximum atomic E-state index is 12.7. The minimum Gasteiger partial charge on any atom is -0.505 e. The van der Waals surface area contributed by atoms with Gasteiger partial charge in [0.2, 0.25) is 17.2 Å². The number of hydrogen-bond donors (Lipinski definition) is 8. The number of sulfone groups is 1. The predicted molar refractivity (Wildman–Crippen MR) is 208 cm³/mol. The third-order valence-corrected chi connectivity index (χ3v) is 12.4. The van der Waals surface area contributed by atoms with Crippen LogP contribution in [0.4, 0.5) is 46.0 Å². The number of fused-ring (bicyclic) bond motifs is 1. The van der Waals surface area contributed by atoms with Gasteiger partial charge in [-0.25, -0.2) is 12.6 Å². The number of nitrogens with two attached hydrogens (primary N) is 1. The van der Waals surface area contributed by atoms with Crippen LogP contribution in [0, 0.1) is 11.5 Å². The highest BCUT2D eigenvalue weighted by molar-refractivity contribution is 7.91. The molecule has 9 N–H and O–H groups in total. The van der Waals surface area contributed by atoms with Crippen molar-refractivity contribution < 1.29 is 69.6 Å². The van der Waals surface area contributed by atoms with Gasteiger partial charge in [-0.05, 0) is 66.2 Å². The van der Waals surface area contributed by atoms with E-state index in [-0.39, 0.29) is 33.9 Å². The van der Waals surface area contributed by atoms with E-state index >= 15 is 0 Å². The van der Waals surface area contributed by atoms with E-state index in [1.807, 2.05) is 0 Å². The summed E-state index contributed by atoms with van der Waals surface area (Å²) >= 11 is 5.84. The Hall–Kier alpha value is -6.12. The molecule has 61 heavy (non-hydrogen) atoms. The van der Waals surface area contributed by atoms with Crippen molar-refractivity contribution in [1.29, 1.82) is 5.26 Å². The van der Waals surface area contributed by atoms with Gasteiger partial charge in [0.25, 0.3) is 30.4 Å². The van der Waals surface area contributed by atoms with Crippen molar-refractivity contribution in [2.24, 2.45) is 20.5 Å². The van der Waals surface area contributed by atoms with Gasteiger partial charge in [0.05, 0.1) is 22.9 Å². The number of phenols is 1. The fraction of sp³-hybridized carbons (Fsp3) is 0.0714. The maximum absolute atomic E-state index is 12.7. The molecule has 0 aliphatic carbocycles. The number of aromatic nitrogens is 3. The second-order valence-electron chi connectivity index (χ2n) is 11.5. The van der Waals surface area contributed by atoms with Crippen molar-refractivity contribution >= 4 is 119 Å². The molecule has 5 aromatic rings. The Morgan fingerprint density at radius 3 is 1.95 bits per heavy atom. The van der Waals surface area contributed by atoms with E-state index in [1.165, 1.54) is 0 Å². The van der Waals surface area contributed by atoms with E-state index in [0.717, 1.165) is 42.5 Å². The SMILES string of the molecule is N#CNc1nc(Cl)nc(Nc2ccc(S(=O)(=O)O)c(N=Nc3c(S(=O)(=O)O)cc4c(N=Nc5ccc(S(=O)(=O)CCOS(=O)(=O)O)cc5S(=O)(=O)O)c(N)ccc4c3O)c2)n1. The first-order valence-corrected chi connectivity index (χ1v) is 23.2. The Labute approximate surface area is 347 Å². The standard InChI is InChI=1S/C28H22ClN11O16S5/c29-26-34-27(32-12-30)36-28(35-26)33-13-1-6-20(58(44,45)46)19(9-13)38-40-24-22(60(50,51)52)11-16-15(25(24)41)3-4-17(31)23(16)39-37-18-5-2-14(10-21(18)59(47,48)49)57(42,43)8-7-56-61(53,54)55/h1-6,9-11,41H,7-8,31H2,(H,44,45,46)(H,47,48,49)(H,50,51,52)(H,53,54,55)(H2,32,33,34,35,36). The summed E-state index contributed by atoms with van der Waals surface area (Å²) in [5.74, 6) is -2.71. The molecule has 0 amide bonds. The van der Waals surface area contributed by atoms with Gasteiger partial charge in [0, 0.05) is 16.5 Å². The molecule has 0 radical (unpaired) electrons. The van der Waals surface area contributed by atoms with E-state index in [2.05, 4.69) is 50.2 Å². The molecule has 0 aliphatic heterocycles. The number of nitrogens with one attached hydrogen (secondary N) is 2. The lowest BCUT2D eigenvalue weighted by molar-refractivity contribution is 0.284. The van der Waals surface area contributed by atoms with Gasteiger partial charge >= 0.3 is 10.4 Å². The Kier molecular flexibility index (Phi) is 12.9. The number of nitrogens with zero attached hydrogens (tertiary/aromatic N) is 8. The maximum Gasteiger partial charge on any atom is 0.397 e. The summed E-state index contributed by atoms with van der Waals surface area (Å²) in [6, 6.07) is 7.68. The molecular weight excluding hydrogens is 942 g/mol. The van der Waals surface area contributed by atoms with Crippen LogP contribution in [0.5, 0.6) is 5.75 Å². The van der Waals surface area contributed by atoms with Gasteiger partial charge in [-0.3, -0.25) is 23.5 Å². The van der Waals surface area contributed by atoms with Gasteiger partial charge in [-0.1, -0.05) is 0 Å². The molecule has 322 valence electrons. The quantitative estimate of drug-likeness (QED) is 0.0243. The number of azo groups is 2. The van der Waals surface area contributed by atoms with Crippen LogP contribution in [0.3, 0.4) is 0 Å². The van der Waals surface area contributed by atoms with Crippen LogP contribution in [0.1, 0.15) is 0 Å². The van der Waals surface area contributed by atoms with Crippen molar-refractivity contribution in [2.45, 2.75) is 19.6 Å². The van der Waals surface area contributed by atoms with Crippen LogP contribution in [-0.4, -0.2) is 92.7 Å². The van der Waals surface area contributed by atoms with E-state index in [4.69, 9.17) is 27.1 Å². The summed E-state index contributed by atoms with van der Waals surface area (Å²) in [4.78, 5) is 7.29. The number of halogens is 1. The average molecular weight is 964 g/mol. The monoisotopic (exact) mass is 963 g/mol. The van der Waals surface area contributed by atoms with Crippen molar-refractivity contribution in [3.8, 4) is 11.9 Å². The Morgan fingerprint density at radius 1 is 0.705 bits per heavy atom. The molecule has 1 aromatic heterocycles. The smallest absolute Gasteiger partial charge is 0.397 e. The number of nitrogen functional groups attached to an aromatic ring is 1. The van der Waals surface area contributed by atoms with Crippen LogP contribution in [0.2, 0.25) is 5.28 Å². The van der Waals surface area contributed by atoms with Crippen molar-refractivity contribution in [2.75, 3.05) is 28.7 Å². The second-order valence-corrected chi connectivity index (χ2v) is 19.2. The van der Waals surface area contributed by atoms with E-state index < -0.39 is 116 Å². The molecule has 4 aromatic carbocycles. The molecule has 0 saturated carbocycles. The van der Waals surface area contributed by atoms with Crippen LogP contribution >= 0.6 is 11.6 Å². The molecule has 0 saturated heterocycles. The first kappa shape index (κ1) is 46.0. The van der Waals surface area contributed by atoms with Gasteiger partial charge in [-0.2, -0.15) is 53.9 Å². The fourth-order valence-electron chi connectivity index (χ4n) is 4.91. The summed E-state index contributed by atoms with van der Waals surface area (Å²) in [7, 11) is -25.3. The first-order chi connectivity index (χ1) is 28.2. The van der Waals surface area contributed by atoms with Crippen LogP contribution in [-0.2, 0) is 54.8 Å². The van der Waals surface area contributed by atoms with Crippen molar-refractivity contribution in [3.05, 3.63) is 59.9 Å². The van der Waals surface area contributed by atoms with Crippen molar-refractivity contribution in [1.82, 2.24) is 15.0 Å². The van der Waals surface area contributed by atoms with Crippen molar-refractivity contribution in [3.63, 3.8) is 0 Å². The zero-order valence-corrected chi connectivity index (χ0v) is 34.2. The highest BCUT2D eigenvalue weighted by atomic mass is 35.5. The Balaban J connectivity index is 1.61. The fourth-order valence-corrected chi connectivity index (χ4v) is 8.56. The molecule has 0 fully saturated rings. The summed E-state index contributed by atoms with van der Waals surface area (Å²) < 4.78 is 164. The molecule has 27 nitrogen and oxygen atoms in total. The topological polar surface area (TPSA) is 443 Å². The number of anilines is 4. The van der Waals surface area contributed by atoms with E-state index in [1.54, 1.807) is 6.19 Å². The van der Waals surface area contributed by atoms with Gasteiger partial charge in [0.15, 0.2) is 21.8 Å². The molecule has 0 aliphatic rings. The predicted octanol–water partition coefficient (Wildman–Crippen LogP) is 3.77. The molecular formula is C28H22ClN11O16S5. The number of phenolic OH excluding ortho intramolecular Hbond substituents is 1. The Morgan fingerprint density at radius 2 is 1.33 bits per heavy atom. The first-order valence-electron chi connectivity index (χ1n) is 15.5. The van der Waals surface area contributed by atoms with Gasteiger partial charge < -0.3 is 16.2 Å². The van der Waals surface area contributed by atoms with E-state index in [9.17, 15) is 60.9 Å². The molecule has 1 heterocycles. The van der Waals surface area contributed by atoms with Gasteiger partial charge in [0.1, 0.15) is 37.4 Å². The van der Waals surface area contributed by atoms with Crippen LogP contribution in [0.25, 0.3) is 10.8 Å². The third kappa shape index (κ3) is 11.2. The van der Waals surface area contributed by atoms with Gasteiger partial charge in [-0.15, -0.1) is 20.5 Å². The number of aromatic hydroxyl groups is 1. The summed E-state index contributed by atoms with van der Waals surface area (Å²) in [6.45, 7) is -1.08. The largest absolute Gasteiger partial charge is 0.505 e. The molecule has 33 heteroatoms. The lowest BCUT2D eigenvalue weighted by Crippen LogP contribution is -2.16. The molecule has 0 bridgehead atoms. The zero-order chi connectivity index (χ0) is 45.3. The summed E-state index contributed by atoms with van der Waals surface area (Å²) in [6.07, 6.45) is 1.56. The summed E-state index contributed by atoms with van der Waals surface area (Å²) in [5.41, 5.74) is 2.70. The number of nitriles is 1. The highest BCUT2D eigenvalue weighted by Gasteiger charge is 2.26. The summed E-state index contributed by atoms with van der Waals surface area (Å²) in [5, 5.41) is 38.6. The molecule has 0 atom stereocenters. The average Bonchev–Trinajstić information content (AvgIpc) is 3.12. The Bertz CT molecular complexity index is 3310. The van der Waals surface area contributed by atoms with E-state index in [0.29, 0.717) is 12.1 Å². The molecule has 0 unspecified atom stereocenters. The minimum absolute atomic E-state index is 0.0616. The zero-order valence-electron chi connectivity index (χ0n) is 29.4. The number of benzene rings is 4. The van der Waals surface area contributed by atoms with Crippen LogP contribution in [0.15, 0.2) is 94.6 Å². The lowest BCUT2D eigenvalue weighted by Gasteiger charge is -2.12. The number of rotatable bonds is 15. The second kappa shape index (κ2) is 17.1. The highest BCUT2D eigenvalue weighted by Crippen LogP contribution is 2.46. The normalized spacial score (nSPS) is 12.9. The molecule has 5 rings (SSSR count). The minimum atomic E-state index is -5.40. The lowest BCUT2D eigenvalue weighted by atomic mass is 10.1. The molecule has 0 spiro atoms. The number of hydrogen-bond acceptors (Lipinski definition) is 23. The van der Waals surface area contributed by atoms with Crippen LogP contribution < -0.4 is 16.4 Å². The third-order valence-electron chi connectivity index (χ3n) is 7.45.